The molecule has 0 saturated carbocycles. The molecule has 0 saturated heterocycles. The molecule has 2 aromatic carbocycles. The van der Waals surface area contributed by atoms with Crippen molar-refractivity contribution in [1.29, 1.82) is 0 Å². The van der Waals surface area contributed by atoms with Crippen molar-refractivity contribution in [1.82, 2.24) is 15.0 Å². The largest absolute Gasteiger partial charge is 0.490 e. The van der Waals surface area contributed by atoms with Crippen LogP contribution < -0.4 is 23.7 Å². The van der Waals surface area contributed by atoms with Crippen LogP contribution in [-0.4, -0.2) is 39.7 Å². The molecule has 1 aromatic heterocycles. The number of nitrogens with zero attached hydrogens (tertiary/aromatic N) is 4. The maximum absolute atomic E-state index is 11.2. The summed E-state index contributed by atoms with van der Waals surface area (Å²) in [6.45, 7) is 8.77. The second kappa shape index (κ2) is 47.1. The van der Waals surface area contributed by atoms with E-state index in [1.165, 1.54) is 262 Å². The van der Waals surface area contributed by atoms with Gasteiger partial charge in [0.25, 0.3) is 5.69 Å². The van der Waals surface area contributed by atoms with Crippen LogP contribution in [0.1, 0.15) is 296 Å². The molecule has 11 heteroatoms. The highest BCUT2D eigenvalue weighted by molar-refractivity contribution is 5.56. The molecule has 1 heterocycles. The topological polar surface area (TPSA) is 128 Å². The average Bonchev–Trinajstić information content (AvgIpc) is 3.42. The van der Waals surface area contributed by atoms with E-state index in [0.717, 1.165) is 44.1 Å². The molecule has 0 aliphatic heterocycles. The van der Waals surface area contributed by atoms with Crippen LogP contribution in [0.5, 0.6) is 35.0 Å². The van der Waals surface area contributed by atoms with Gasteiger partial charge in [-0.2, -0.15) is 9.97 Å². The lowest BCUT2D eigenvalue weighted by Crippen LogP contribution is -2.10. The van der Waals surface area contributed by atoms with E-state index in [9.17, 15) is 10.1 Å². The van der Waals surface area contributed by atoms with E-state index in [2.05, 4.69) is 35.7 Å². The van der Waals surface area contributed by atoms with Gasteiger partial charge in [0.1, 0.15) is 18.7 Å². The third-order valence-corrected chi connectivity index (χ3v) is 14.5. The highest BCUT2D eigenvalue weighted by Crippen LogP contribution is 2.41. The van der Waals surface area contributed by atoms with Gasteiger partial charge in [-0.1, -0.05) is 271 Å². The Morgan fingerprint density at radius 3 is 1.12 bits per heavy atom. The summed E-state index contributed by atoms with van der Waals surface area (Å²) in [6.07, 6.45) is 56.3. The van der Waals surface area contributed by atoms with Gasteiger partial charge in [-0.05, 0) is 43.5 Å². The lowest BCUT2D eigenvalue weighted by atomic mass is 10.0. The van der Waals surface area contributed by atoms with E-state index < -0.39 is 4.92 Å². The lowest BCUT2D eigenvalue weighted by molar-refractivity contribution is -0.384. The number of rotatable bonds is 54. The first-order chi connectivity index (χ1) is 37.0. The van der Waals surface area contributed by atoms with Crippen molar-refractivity contribution in [3.8, 4) is 35.0 Å². The molecule has 0 bridgehead atoms. The summed E-state index contributed by atoms with van der Waals surface area (Å²) in [4.78, 5) is 23.5. The summed E-state index contributed by atoms with van der Waals surface area (Å²) in [7, 11) is 0. The van der Waals surface area contributed by atoms with Gasteiger partial charge in [0, 0.05) is 17.7 Å². The van der Waals surface area contributed by atoms with Gasteiger partial charge in [0.2, 0.25) is 5.75 Å². The minimum atomic E-state index is -0.451. The fourth-order valence-corrected chi connectivity index (χ4v) is 9.80. The molecule has 3 rings (SSSR count). The zero-order chi connectivity index (χ0) is 53.3. The predicted octanol–water partition coefficient (Wildman–Crippen LogP) is 20.7. The first-order valence-electron chi connectivity index (χ1n) is 31.3. The van der Waals surface area contributed by atoms with Crippen LogP contribution >= 0.6 is 0 Å². The van der Waals surface area contributed by atoms with Crippen LogP contribution in [0.3, 0.4) is 0 Å². The van der Waals surface area contributed by atoms with Crippen LogP contribution in [-0.2, 0) is 6.61 Å². The average molecular weight is 1050 g/mol. The Balaban J connectivity index is 1.61. The highest BCUT2D eigenvalue weighted by Gasteiger charge is 2.20. The highest BCUT2D eigenvalue weighted by atomic mass is 16.6. The SMILES string of the molecule is CCCCCCCCCCCCCCCCOc1ccc(COc2ncnc(Oc3ccc([N+](=O)[O-])cc3)n2)c(OCCCCCCCCCCCCCCCC)c1OCCCCCCCCCCCCCCCC. The van der Waals surface area contributed by atoms with E-state index in [-0.39, 0.29) is 24.3 Å². The molecule has 0 fully saturated rings. The fraction of sp³-hybridized carbons (Fsp3) is 0.766. The molecule has 0 unspecified atom stereocenters. The summed E-state index contributed by atoms with van der Waals surface area (Å²) in [6, 6.07) is 9.88. The Hall–Kier alpha value is -4.15. The van der Waals surface area contributed by atoms with E-state index in [0.29, 0.717) is 42.8 Å². The quantitative estimate of drug-likeness (QED) is 0.0306. The molecular weight excluding hydrogens is 937 g/mol. The van der Waals surface area contributed by atoms with Crippen molar-refractivity contribution >= 4 is 5.69 Å². The van der Waals surface area contributed by atoms with E-state index in [1.54, 1.807) is 0 Å². The second-order valence-corrected chi connectivity index (χ2v) is 21.4. The number of benzene rings is 2. The molecule has 0 spiro atoms. The summed E-state index contributed by atoms with van der Waals surface area (Å²) < 4.78 is 32.0. The number of non-ortho nitro benzene ring substituents is 1. The molecule has 75 heavy (non-hydrogen) atoms. The van der Waals surface area contributed by atoms with Gasteiger partial charge in [0.05, 0.1) is 24.7 Å². The van der Waals surface area contributed by atoms with E-state index in [4.69, 9.17) is 23.7 Å². The van der Waals surface area contributed by atoms with Crippen molar-refractivity contribution in [2.75, 3.05) is 19.8 Å². The first-order valence-corrected chi connectivity index (χ1v) is 31.3. The van der Waals surface area contributed by atoms with Crippen LogP contribution in [0.15, 0.2) is 42.7 Å². The van der Waals surface area contributed by atoms with Crippen molar-refractivity contribution in [3.05, 3.63) is 58.4 Å². The Labute approximate surface area is 457 Å². The molecule has 0 atom stereocenters. The smallest absolute Gasteiger partial charge is 0.328 e. The third kappa shape index (κ3) is 34.3. The second-order valence-electron chi connectivity index (χ2n) is 21.4. The van der Waals surface area contributed by atoms with Gasteiger partial charge in [0.15, 0.2) is 11.5 Å². The van der Waals surface area contributed by atoms with E-state index in [1.807, 2.05) is 12.1 Å². The monoisotopic (exact) mass is 1040 g/mol. The van der Waals surface area contributed by atoms with Gasteiger partial charge in [-0.15, -0.1) is 4.98 Å². The summed E-state index contributed by atoms with van der Waals surface area (Å²) >= 11 is 0. The number of ether oxygens (including phenoxy) is 5. The molecule has 0 radical (unpaired) electrons. The maximum atomic E-state index is 11.2. The number of unbranched alkanes of at least 4 members (excludes halogenated alkanes) is 39. The summed E-state index contributed by atoms with van der Waals surface area (Å²) in [5, 5.41) is 11.2. The molecule has 11 nitrogen and oxygen atoms in total. The number of hydrogen-bond donors (Lipinski definition) is 0. The Bertz CT molecular complexity index is 1780. The molecule has 0 aliphatic carbocycles. The van der Waals surface area contributed by atoms with E-state index >= 15 is 0 Å². The van der Waals surface area contributed by atoms with Crippen molar-refractivity contribution in [3.63, 3.8) is 0 Å². The Morgan fingerprint density at radius 2 is 0.733 bits per heavy atom. The van der Waals surface area contributed by atoms with Crippen molar-refractivity contribution < 1.29 is 28.6 Å². The van der Waals surface area contributed by atoms with Crippen molar-refractivity contribution in [2.45, 2.75) is 297 Å². The zero-order valence-electron chi connectivity index (χ0n) is 48.2. The first kappa shape index (κ1) is 65.1. The Morgan fingerprint density at radius 1 is 0.387 bits per heavy atom. The molecular formula is C64H108N4O7. The maximum Gasteiger partial charge on any atom is 0.328 e. The number of aromatic nitrogens is 3. The van der Waals surface area contributed by atoms with Gasteiger partial charge in [-0.3, -0.25) is 10.1 Å². The van der Waals surface area contributed by atoms with Crippen LogP contribution in [0, 0.1) is 10.1 Å². The fourth-order valence-electron chi connectivity index (χ4n) is 9.80. The standard InChI is InChI=1S/C64H108N4O7/c1-4-7-10-13-16-19-22-25-28-31-34-37-40-43-52-71-60-51-46-57(55-74-63-65-56-66-64(67-63)75-59-49-47-58(48-50-59)68(69)70)61(72-53-44-41-38-35-32-29-26-23-20-17-14-11-8-5-2)62(60)73-54-45-42-39-36-33-30-27-24-21-18-15-12-9-6-3/h46-51,56H,4-45,52-55H2,1-3H3. The zero-order valence-corrected chi connectivity index (χ0v) is 48.2. The Kier molecular flexibility index (Phi) is 40.9. The minimum absolute atomic E-state index is 0.0209. The molecule has 0 aliphatic rings. The number of nitro groups is 1. The minimum Gasteiger partial charge on any atom is -0.490 e. The molecule has 3 aromatic rings. The molecule has 0 N–H and O–H groups in total. The van der Waals surface area contributed by atoms with Gasteiger partial charge >= 0.3 is 12.0 Å². The molecule has 0 amide bonds. The number of hydrogen-bond acceptors (Lipinski definition) is 10. The van der Waals surface area contributed by atoms with Crippen molar-refractivity contribution in [2.24, 2.45) is 0 Å². The van der Waals surface area contributed by atoms with Crippen LogP contribution in [0.25, 0.3) is 0 Å². The molecule has 426 valence electrons. The van der Waals surface area contributed by atoms with Crippen LogP contribution in [0.4, 0.5) is 5.69 Å². The summed E-state index contributed by atoms with van der Waals surface area (Å²) in [5.41, 5.74) is 0.789. The van der Waals surface area contributed by atoms with Gasteiger partial charge in [-0.25, -0.2) is 0 Å². The van der Waals surface area contributed by atoms with Crippen LogP contribution in [0.2, 0.25) is 0 Å². The number of nitro benzene ring substituents is 1. The summed E-state index contributed by atoms with van der Waals surface area (Å²) in [5.74, 6) is 2.39. The third-order valence-electron chi connectivity index (χ3n) is 14.5. The predicted molar refractivity (Wildman–Crippen MR) is 311 cm³/mol. The lowest BCUT2D eigenvalue weighted by Gasteiger charge is -2.20. The van der Waals surface area contributed by atoms with Gasteiger partial charge < -0.3 is 23.7 Å². The normalized spacial score (nSPS) is 11.3.